The lowest BCUT2D eigenvalue weighted by Crippen LogP contribution is -2.43. The number of H-pyrrole nitrogens is 1. The van der Waals surface area contributed by atoms with Gasteiger partial charge in [-0.25, -0.2) is 4.98 Å². The van der Waals surface area contributed by atoms with Gasteiger partial charge in [0.05, 0.1) is 0 Å². The molecule has 0 unspecified atom stereocenters. The Kier molecular flexibility index (Phi) is 3.51. The van der Waals surface area contributed by atoms with Crippen molar-refractivity contribution in [3.63, 3.8) is 0 Å². The lowest BCUT2D eigenvalue weighted by molar-refractivity contribution is -0.143. The first-order valence-electron chi connectivity index (χ1n) is 4.54. The van der Waals surface area contributed by atoms with Crippen LogP contribution in [0, 0.1) is 0 Å². The van der Waals surface area contributed by atoms with Crippen molar-refractivity contribution in [1.82, 2.24) is 20.1 Å². The number of aromatic amines is 1. The third-order valence-corrected chi connectivity index (χ3v) is 1.85. The van der Waals surface area contributed by atoms with Crippen molar-refractivity contribution < 1.29 is 18.0 Å². The Morgan fingerprint density at radius 3 is 2.56 bits per heavy atom. The summed E-state index contributed by atoms with van der Waals surface area (Å²) >= 11 is 0. The minimum absolute atomic E-state index is 0.196. The largest absolute Gasteiger partial charge is 0.406 e. The highest BCUT2D eigenvalue weighted by atomic mass is 19.4. The molecule has 1 aromatic heterocycles. The summed E-state index contributed by atoms with van der Waals surface area (Å²) in [5.41, 5.74) is 0. The Balaban J connectivity index is 2.83. The van der Waals surface area contributed by atoms with Crippen LogP contribution in [0.4, 0.5) is 13.2 Å². The molecular weight excluding hydrogens is 225 g/mol. The highest BCUT2D eigenvalue weighted by Crippen LogP contribution is 2.19. The SMILES string of the molecule is CC(C)N(CC(F)(F)F)C(=O)c1ncn[nH]1. The highest BCUT2D eigenvalue weighted by Gasteiger charge is 2.35. The molecule has 0 bridgehead atoms. The van der Waals surface area contributed by atoms with E-state index in [0.29, 0.717) is 4.90 Å². The van der Waals surface area contributed by atoms with E-state index in [9.17, 15) is 18.0 Å². The molecule has 0 spiro atoms. The number of carbonyl (C=O) groups is 1. The Labute approximate surface area is 89.7 Å². The van der Waals surface area contributed by atoms with Crippen molar-refractivity contribution in [2.24, 2.45) is 0 Å². The fourth-order valence-corrected chi connectivity index (χ4v) is 1.13. The van der Waals surface area contributed by atoms with Gasteiger partial charge in [0.15, 0.2) is 0 Å². The van der Waals surface area contributed by atoms with Crippen molar-refractivity contribution >= 4 is 5.91 Å². The first kappa shape index (κ1) is 12.5. The molecule has 0 saturated carbocycles. The van der Waals surface area contributed by atoms with Crippen molar-refractivity contribution in [2.75, 3.05) is 6.54 Å². The molecule has 1 rings (SSSR count). The Morgan fingerprint density at radius 1 is 1.56 bits per heavy atom. The van der Waals surface area contributed by atoms with Gasteiger partial charge in [0.2, 0.25) is 5.82 Å². The molecule has 1 amide bonds. The maximum Gasteiger partial charge on any atom is 0.406 e. The van der Waals surface area contributed by atoms with Gasteiger partial charge in [0.1, 0.15) is 12.9 Å². The molecule has 8 heteroatoms. The third kappa shape index (κ3) is 3.21. The Morgan fingerprint density at radius 2 is 2.19 bits per heavy atom. The van der Waals surface area contributed by atoms with Crippen LogP contribution in [0.2, 0.25) is 0 Å². The summed E-state index contributed by atoms with van der Waals surface area (Å²) < 4.78 is 36.7. The van der Waals surface area contributed by atoms with Crippen molar-refractivity contribution in [1.29, 1.82) is 0 Å². The zero-order valence-corrected chi connectivity index (χ0v) is 8.75. The van der Waals surface area contributed by atoms with Crippen molar-refractivity contribution in [3.8, 4) is 0 Å². The summed E-state index contributed by atoms with van der Waals surface area (Å²) in [6, 6.07) is -0.570. The molecule has 0 radical (unpaired) electrons. The zero-order chi connectivity index (χ0) is 12.3. The molecule has 1 N–H and O–H groups in total. The maximum absolute atomic E-state index is 12.2. The zero-order valence-electron chi connectivity index (χ0n) is 8.75. The number of alkyl halides is 3. The average molecular weight is 236 g/mol. The molecule has 1 heterocycles. The van der Waals surface area contributed by atoms with E-state index in [1.165, 1.54) is 13.8 Å². The summed E-state index contributed by atoms with van der Waals surface area (Å²) in [6.45, 7) is 1.70. The van der Waals surface area contributed by atoms with E-state index in [0.717, 1.165) is 6.33 Å². The average Bonchev–Trinajstić information content (AvgIpc) is 2.63. The number of rotatable bonds is 3. The molecule has 16 heavy (non-hydrogen) atoms. The van der Waals surface area contributed by atoms with Crippen LogP contribution in [0.3, 0.4) is 0 Å². The number of amides is 1. The molecular formula is C8H11F3N4O. The van der Waals surface area contributed by atoms with Gasteiger partial charge in [0.25, 0.3) is 5.91 Å². The molecule has 0 aliphatic heterocycles. The van der Waals surface area contributed by atoms with Gasteiger partial charge in [-0.05, 0) is 13.8 Å². The van der Waals surface area contributed by atoms with E-state index >= 15 is 0 Å². The quantitative estimate of drug-likeness (QED) is 0.858. The predicted octanol–water partition coefficient (Wildman–Crippen LogP) is 1.22. The summed E-state index contributed by atoms with van der Waals surface area (Å²) in [5, 5.41) is 5.65. The number of nitrogens with one attached hydrogen (secondary N) is 1. The summed E-state index contributed by atoms with van der Waals surface area (Å²) in [6.07, 6.45) is -3.36. The molecule has 0 aliphatic carbocycles. The highest BCUT2D eigenvalue weighted by molar-refractivity contribution is 5.90. The normalized spacial score (nSPS) is 11.9. The maximum atomic E-state index is 12.2. The van der Waals surface area contributed by atoms with Gasteiger partial charge in [-0.15, -0.1) is 0 Å². The lowest BCUT2D eigenvalue weighted by atomic mass is 10.3. The summed E-state index contributed by atoms with van der Waals surface area (Å²) in [4.78, 5) is 15.8. The molecule has 0 saturated heterocycles. The molecule has 5 nitrogen and oxygen atoms in total. The summed E-state index contributed by atoms with van der Waals surface area (Å²) in [7, 11) is 0. The monoisotopic (exact) mass is 236 g/mol. The fraction of sp³-hybridized carbons (Fsp3) is 0.625. The minimum Gasteiger partial charge on any atom is -0.324 e. The van der Waals surface area contributed by atoms with Gasteiger partial charge in [0, 0.05) is 6.04 Å². The van der Waals surface area contributed by atoms with Gasteiger partial charge < -0.3 is 4.90 Å². The number of nitrogens with zero attached hydrogens (tertiary/aromatic N) is 3. The summed E-state index contributed by atoms with van der Waals surface area (Å²) in [5.74, 6) is -1.01. The topological polar surface area (TPSA) is 61.9 Å². The van der Waals surface area contributed by atoms with E-state index in [-0.39, 0.29) is 5.82 Å². The molecule has 1 aromatic rings. The van der Waals surface area contributed by atoms with Crippen LogP contribution in [-0.4, -0.2) is 44.8 Å². The number of halogens is 3. The number of carbonyl (C=O) groups excluding carboxylic acids is 1. The van der Waals surface area contributed by atoms with Crippen LogP contribution in [-0.2, 0) is 0 Å². The van der Waals surface area contributed by atoms with Crippen molar-refractivity contribution in [3.05, 3.63) is 12.2 Å². The smallest absolute Gasteiger partial charge is 0.324 e. The minimum atomic E-state index is -4.43. The number of hydrogen-bond donors (Lipinski definition) is 1. The van der Waals surface area contributed by atoms with Crippen LogP contribution >= 0.6 is 0 Å². The van der Waals surface area contributed by atoms with Crippen LogP contribution in [0.25, 0.3) is 0 Å². The van der Waals surface area contributed by atoms with E-state index in [4.69, 9.17) is 0 Å². The second-order valence-corrected chi connectivity index (χ2v) is 3.48. The molecule has 90 valence electrons. The standard InChI is InChI=1S/C8H11F3N4O/c1-5(2)15(3-8(9,10)11)7(16)6-12-4-13-14-6/h4-5H,3H2,1-2H3,(H,12,13,14). The fourth-order valence-electron chi connectivity index (χ4n) is 1.13. The molecule has 0 atom stereocenters. The van der Waals surface area contributed by atoms with E-state index in [1.54, 1.807) is 0 Å². The van der Waals surface area contributed by atoms with E-state index < -0.39 is 24.7 Å². The number of aromatic nitrogens is 3. The second-order valence-electron chi connectivity index (χ2n) is 3.48. The third-order valence-electron chi connectivity index (χ3n) is 1.85. The Bertz CT molecular complexity index is 347. The molecule has 0 aromatic carbocycles. The first-order valence-corrected chi connectivity index (χ1v) is 4.54. The van der Waals surface area contributed by atoms with Gasteiger partial charge in [-0.3, -0.25) is 9.89 Å². The van der Waals surface area contributed by atoms with Gasteiger partial charge in [-0.2, -0.15) is 18.3 Å². The van der Waals surface area contributed by atoms with Crippen molar-refractivity contribution in [2.45, 2.75) is 26.1 Å². The predicted molar refractivity (Wildman–Crippen MR) is 48.6 cm³/mol. The van der Waals surface area contributed by atoms with Gasteiger partial charge in [-0.1, -0.05) is 0 Å². The van der Waals surface area contributed by atoms with Crippen LogP contribution in [0.1, 0.15) is 24.5 Å². The van der Waals surface area contributed by atoms with Gasteiger partial charge >= 0.3 is 6.18 Å². The molecule has 0 fully saturated rings. The lowest BCUT2D eigenvalue weighted by Gasteiger charge is -2.26. The Hall–Kier alpha value is -1.60. The van der Waals surface area contributed by atoms with E-state index in [1.807, 2.05) is 0 Å². The second kappa shape index (κ2) is 4.50. The van der Waals surface area contributed by atoms with Crippen LogP contribution in [0.5, 0.6) is 0 Å². The van der Waals surface area contributed by atoms with Crippen LogP contribution in [0.15, 0.2) is 6.33 Å². The van der Waals surface area contributed by atoms with Crippen LogP contribution < -0.4 is 0 Å². The van der Waals surface area contributed by atoms with E-state index in [2.05, 4.69) is 15.2 Å². The molecule has 0 aliphatic rings. The first-order chi connectivity index (χ1) is 7.31. The number of hydrogen-bond acceptors (Lipinski definition) is 3.